The van der Waals surface area contributed by atoms with Crippen molar-refractivity contribution in [2.75, 3.05) is 0 Å². The standard InChI is InChI=1S/C17H15N3O3/c21-12-14-3-1-13(2-4-14)10-19-11-16(9-18-19)15-5-7-17(8-6-15)20(22)23/h1-9,11,21H,10,12H2. The highest BCUT2D eigenvalue weighted by Gasteiger charge is 2.07. The van der Waals surface area contributed by atoms with Crippen molar-refractivity contribution >= 4 is 5.69 Å². The second-order valence-corrected chi connectivity index (χ2v) is 5.21. The summed E-state index contributed by atoms with van der Waals surface area (Å²) in [6, 6.07) is 14.1. The van der Waals surface area contributed by atoms with Gasteiger partial charge < -0.3 is 5.11 Å². The van der Waals surface area contributed by atoms with E-state index in [9.17, 15) is 10.1 Å². The summed E-state index contributed by atoms with van der Waals surface area (Å²) in [5.74, 6) is 0. The predicted molar refractivity (Wildman–Crippen MR) is 85.8 cm³/mol. The Bertz CT molecular complexity index is 808. The van der Waals surface area contributed by atoms with Crippen molar-refractivity contribution < 1.29 is 10.0 Å². The van der Waals surface area contributed by atoms with Gasteiger partial charge in [0.1, 0.15) is 0 Å². The van der Waals surface area contributed by atoms with Crippen LogP contribution < -0.4 is 0 Å². The van der Waals surface area contributed by atoms with E-state index >= 15 is 0 Å². The van der Waals surface area contributed by atoms with Gasteiger partial charge in [-0.1, -0.05) is 24.3 Å². The summed E-state index contributed by atoms with van der Waals surface area (Å²) < 4.78 is 1.81. The maximum atomic E-state index is 10.7. The quantitative estimate of drug-likeness (QED) is 0.580. The van der Waals surface area contributed by atoms with Crippen LogP contribution in [0.15, 0.2) is 60.9 Å². The summed E-state index contributed by atoms with van der Waals surface area (Å²) in [6.45, 7) is 0.658. The molecule has 3 rings (SSSR count). The third kappa shape index (κ3) is 3.44. The molecule has 1 heterocycles. The second kappa shape index (κ2) is 6.41. The maximum Gasteiger partial charge on any atom is 0.269 e. The highest BCUT2D eigenvalue weighted by Crippen LogP contribution is 2.22. The molecule has 6 nitrogen and oxygen atoms in total. The fraction of sp³-hybridized carbons (Fsp3) is 0.118. The second-order valence-electron chi connectivity index (χ2n) is 5.21. The molecule has 6 heteroatoms. The fourth-order valence-corrected chi connectivity index (χ4v) is 2.31. The summed E-state index contributed by atoms with van der Waals surface area (Å²) >= 11 is 0. The van der Waals surface area contributed by atoms with E-state index in [0.717, 1.165) is 22.3 Å². The van der Waals surface area contributed by atoms with Crippen LogP contribution >= 0.6 is 0 Å². The molecule has 0 unspecified atom stereocenters. The van der Waals surface area contributed by atoms with Crippen LogP contribution in [0.2, 0.25) is 0 Å². The first-order valence-electron chi connectivity index (χ1n) is 7.11. The largest absolute Gasteiger partial charge is 0.392 e. The number of aliphatic hydroxyl groups is 1. The van der Waals surface area contributed by atoms with Crippen molar-refractivity contribution in [2.45, 2.75) is 13.2 Å². The molecule has 1 aromatic heterocycles. The number of nitro groups is 1. The lowest BCUT2D eigenvalue weighted by molar-refractivity contribution is -0.384. The number of non-ortho nitro benzene ring substituents is 1. The number of benzene rings is 2. The molecular formula is C17H15N3O3. The Morgan fingerprint density at radius 3 is 2.26 bits per heavy atom. The zero-order valence-corrected chi connectivity index (χ0v) is 12.3. The Kier molecular flexibility index (Phi) is 4.16. The van der Waals surface area contributed by atoms with Gasteiger partial charge in [-0.3, -0.25) is 14.8 Å². The van der Waals surface area contributed by atoms with E-state index in [2.05, 4.69) is 5.10 Å². The van der Waals surface area contributed by atoms with Gasteiger partial charge in [0.05, 0.1) is 24.3 Å². The molecule has 0 fully saturated rings. The molecule has 23 heavy (non-hydrogen) atoms. The maximum absolute atomic E-state index is 10.7. The normalized spacial score (nSPS) is 10.7. The predicted octanol–water partition coefficient (Wildman–Crippen LogP) is 3.00. The van der Waals surface area contributed by atoms with Crippen molar-refractivity contribution in [3.63, 3.8) is 0 Å². The summed E-state index contributed by atoms with van der Waals surface area (Å²) in [6.07, 6.45) is 3.64. The minimum Gasteiger partial charge on any atom is -0.392 e. The SMILES string of the molecule is O=[N+]([O-])c1ccc(-c2cnn(Cc3ccc(CO)cc3)c2)cc1. The Morgan fingerprint density at radius 1 is 1.00 bits per heavy atom. The van der Waals surface area contributed by atoms with E-state index in [-0.39, 0.29) is 12.3 Å². The van der Waals surface area contributed by atoms with Crippen LogP contribution in [-0.4, -0.2) is 19.8 Å². The molecule has 0 saturated carbocycles. The van der Waals surface area contributed by atoms with Gasteiger partial charge in [0.15, 0.2) is 0 Å². The monoisotopic (exact) mass is 309 g/mol. The zero-order chi connectivity index (χ0) is 16.2. The van der Waals surface area contributed by atoms with Gasteiger partial charge in [-0.05, 0) is 28.8 Å². The van der Waals surface area contributed by atoms with Crippen molar-refractivity contribution in [3.8, 4) is 11.1 Å². The Labute approximate surface area is 132 Å². The molecule has 0 bridgehead atoms. The van der Waals surface area contributed by atoms with E-state index in [4.69, 9.17) is 5.11 Å². The molecule has 3 aromatic rings. The summed E-state index contributed by atoms with van der Waals surface area (Å²) in [5.41, 5.74) is 3.83. The van der Waals surface area contributed by atoms with E-state index in [1.54, 1.807) is 18.3 Å². The van der Waals surface area contributed by atoms with Crippen LogP contribution in [0.3, 0.4) is 0 Å². The van der Waals surface area contributed by atoms with Gasteiger partial charge in [-0.2, -0.15) is 5.10 Å². The van der Waals surface area contributed by atoms with Crippen LogP contribution in [0.5, 0.6) is 0 Å². The molecule has 0 atom stereocenters. The number of hydrogen-bond donors (Lipinski definition) is 1. The number of nitro benzene ring substituents is 1. The fourth-order valence-electron chi connectivity index (χ4n) is 2.31. The number of nitrogens with zero attached hydrogens (tertiary/aromatic N) is 3. The summed E-state index contributed by atoms with van der Waals surface area (Å²) in [5, 5.41) is 24.0. The molecule has 0 aliphatic carbocycles. The summed E-state index contributed by atoms with van der Waals surface area (Å²) in [7, 11) is 0. The number of aliphatic hydroxyl groups excluding tert-OH is 1. The van der Waals surface area contributed by atoms with Gasteiger partial charge in [-0.15, -0.1) is 0 Å². The zero-order valence-electron chi connectivity index (χ0n) is 12.3. The third-order valence-corrected chi connectivity index (χ3v) is 3.59. The van der Waals surface area contributed by atoms with E-state index in [0.29, 0.717) is 6.54 Å². The van der Waals surface area contributed by atoms with Gasteiger partial charge in [-0.25, -0.2) is 0 Å². The smallest absolute Gasteiger partial charge is 0.269 e. The van der Waals surface area contributed by atoms with Crippen molar-refractivity contribution in [3.05, 3.63) is 82.2 Å². The van der Waals surface area contributed by atoms with Crippen LogP contribution in [0.25, 0.3) is 11.1 Å². The van der Waals surface area contributed by atoms with Gasteiger partial charge in [0, 0.05) is 23.9 Å². The van der Waals surface area contributed by atoms with Crippen LogP contribution in [0.1, 0.15) is 11.1 Å². The first-order valence-corrected chi connectivity index (χ1v) is 7.11. The summed E-state index contributed by atoms with van der Waals surface area (Å²) in [4.78, 5) is 10.3. The molecule has 2 aromatic carbocycles. The van der Waals surface area contributed by atoms with Crippen LogP contribution in [0.4, 0.5) is 5.69 Å². The Morgan fingerprint density at radius 2 is 1.65 bits per heavy atom. The molecule has 116 valence electrons. The number of rotatable bonds is 5. The molecule has 0 aliphatic rings. The highest BCUT2D eigenvalue weighted by atomic mass is 16.6. The molecule has 0 aliphatic heterocycles. The van der Waals surface area contributed by atoms with Gasteiger partial charge in [0.25, 0.3) is 5.69 Å². The molecule has 0 radical (unpaired) electrons. The first-order chi connectivity index (χ1) is 11.2. The molecule has 0 spiro atoms. The van der Waals surface area contributed by atoms with E-state index in [1.807, 2.05) is 35.1 Å². The lowest BCUT2D eigenvalue weighted by atomic mass is 10.1. The number of hydrogen-bond acceptors (Lipinski definition) is 4. The molecule has 0 amide bonds. The highest BCUT2D eigenvalue weighted by molar-refractivity contribution is 5.63. The first kappa shape index (κ1) is 14.9. The average molecular weight is 309 g/mol. The lowest BCUT2D eigenvalue weighted by Crippen LogP contribution is -1.99. The Balaban J connectivity index is 1.75. The van der Waals surface area contributed by atoms with Crippen LogP contribution in [0, 0.1) is 10.1 Å². The molecule has 1 N–H and O–H groups in total. The molecule has 0 saturated heterocycles. The number of aromatic nitrogens is 2. The molecular weight excluding hydrogens is 294 g/mol. The average Bonchev–Trinajstić information content (AvgIpc) is 3.04. The van der Waals surface area contributed by atoms with E-state index < -0.39 is 4.92 Å². The Hall–Kier alpha value is -2.99. The van der Waals surface area contributed by atoms with Crippen molar-refractivity contribution in [2.24, 2.45) is 0 Å². The van der Waals surface area contributed by atoms with Crippen LogP contribution in [-0.2, 0) is 13.2 Å². The minimum absolute atomic E-state index is 0.0341. The van der Waals surface area contributed by atoms with Gasteiger partial charge >= 0.3 is 0 Å². The van der Waals surface area contributed by atoms with E-state index in [1.165, 1.54) is 12.1 Å². The lowest BCUT2D eigenvalue weighted by Gasteiger charge is -2.03. The third-order valence-electron chi connectivity index (χ3n) is 3.59. The topological polar surface area (TPSA) is 81.2 Å². The van der Waals surface area contributed by atoms with Crippen molar-refractivity contribution in [1.82, 2.24) is 9.78 Å². The van der Waals surface area contributed by atoms with Gasteiger partial charge in [0.2, 0.25) is 0 Å². The van der Waals surface area contributed by atoms with Crippen molar-refractivity contribution in [1.29, 1.82) is 0 Å². The minimum atomic E-state index is -0.413.